The lowest BCUT2D eigenvalue weighted by atomic mass is 9.93. The highest BCUT2D eigenvalue weighted by Gasteiger charge is 2.32. The van der Waals surface area contributed by atoms with Crippen LogP contribution in [0, 0.1) is 0 Å². The van der Waals surface area contributed by atoms with Crippen molar-refractivity contribution in [2.45, 2.75) is 50.7 Å². The maximum atomic E-state index is 12.1. The standard InChI is InChI=1S/C12H23NO5S/c1-13(10-6-3-4-7-11(10)14)19(16,17)9-5-8-12(15)18-2/h10-11,14H,3-9H2,1-2H3. The summed E-state index contributed by atoms with van der Waals surface area (Å²) in [5, 5.41) is 9.87. The third-order valence-electron chi connectivity index (χ3n) is 3.61. The molecule has 0 aliphatic heterocycles. The Balaban J connectivity index is 2.53. The number of methoxy groups -OCH3 is 1. The molecule has 0 spiro atoms. The zero-order chi connectivity index (χ0) is 14.5. The SMILES string of the molecule is COC(=O)CCCS(=O)(=O)N(C)C1CCCCC1O. The monoisotopic (exact) mass is 293 g/mol. The summed E-state index contributed by atoms with van der Waals surface area (Å²) in [6.07, 6.45) is 2.95. The van der Waals surface area contributed by atoms with Gasteiger partial charge in [-0.25, -0.2) is 8.42 Å². The largest absolute Gasteiger partial charge is 0.469 e. The highest BCUT2D eigenvalue weighted by molar-refractivity contribution is 7.89. The van der Waals surface area contributed by atoms with Crippen molar-refractivity contribution >= 4 is 16.0 Å². The van der Waals surface area contributed by atoms with Gasteiger partial charge in [-0.15, -0.1) is 0 Å². The van der Waals surface area contributed by atoms with Crippen molar-refractivity contribution in [2.24, 2.45) is 0 Å². The molecule has 1 rings (SSSR count). The molecule has 0 aromatic rings. The van der Waals surface area contributed by atoms with Crippen molar-refractivity contribution in [3.05, 3.63) is 0 Å². The van der Waals surface area contributed by atoms with Crippen LogP contribution in [-0.4, -0.2) is 55.9 Å². The number of carbonyl (C=O) groups is 1. The molecule has 1 aliphatic rings. The van der Waals surface area contributed by atoms with E-state index in [0.29, 0.717) is 12.8 Å². The summed E-state index contributed by atoms with van der Waals surface area (Å²) in [6, 6.07) is -0.336. The summed E-state index contributed by atoms with van der Waals surface area (Å²) in [6.45, 7) is 0. The third kappa shape index (κ3) is 4.74. The number of rotatable bonds is 6. The highest BCUT2D eigenvalue weighted by Crippen LogP contribution is 2.24. The lowest BCUT2D eigenvalue weighted by Crippen LogP contribution is -2.47. The number of carbonyl (C=O) groups excluding carboxylic acids is 1. The minimum atomic E-state index is -3.43. The molecule has 7 heteroatoms. The van der Waals surface area contributed by atoms with E-state index >= 15 is 0 Å². The Morgan fingerprint density at radius 1 is 1.37 bits per heavy atom. The van der Waals surface area contributed by atoms with Crippen LogP contribution in [0.3, 0.4) is 0 Å². The van der Waals surface area contributed by atoms with Crippen LogP contribution in [0.5, 0.6) is 0 Å². The molecule has 1 aliphatic carbocycles. The zero-order valence-corrected chi connectivity index (χ0v) is 12.4. The fourth-order valence-electron chi connectivity index (χ4n) is 2.37. The second kappa shape index (κ2) is 7.21. The molecule has 0 heterocycles. The first-order valence-corrected chi connectivity index (χ1v) is 8.20. The number of aliphatic hydroxyl groups excluding tert-OH is 1. The molecule has 6 nitrogen and oxygen atoms in total. The van der Waals surface area contributed by atoms with Gasteiger partial charge in [-0.1, -0.05) is 12.8 Å². The average Bonchev–Trinajstić information content (AvgIpc) is 2.38. The highest BCUT2D eigenvalue weighted by atomic mass is 32.2. The zero-order valence-electron chi connectivity index (χ0n) is 11.5. The number of likely N-dealkylation sites (N-methyl/N-ethyl adjacent to an activating group) is 1. The van der Waals surface area contributed by atoms with Gasteiger partial charge in [0.25, 0.3) is 0 Å². The molecule has 0 amide bonds. The molecular weight excluding hydrogens is 270 g/mol. The Labute approximate surface area is 114 Å². The molecule has 0 aromatic carbocycles. The number of sulfonamides is 1. The van der Waals surface area contributed by atoms with E-state index < -0.39 is 22.1 Å². The Morgan fingerprint density at radius 2 is 2.00 bits per heavy atom. The molecule has 1 N–H and O–H groups in total. The summed E-state index contributed by atoms with van der Waals surface area (Å²) in [5.41, 5.74) is 0. The first-order chi connectivity index (χ1) is 8.88. The van der Waals surface area contributed by atoms with Gasteiger partial charge in [0.1, 0.15) is 0 Å². The maximum absolute atomic E-state index is 12.1. The van der Waals surface area contributed by atoms with Crippen LogP contribution in [0.25, 0.3) is 0 Å². The van der Waals surface area contributed by atoms with E-state index in [0.717, 1.165) is 12.8 Å². The normalized spacial score (nSPS) is 24.4. The molecule has 19 heavy (non-hydrogen) atoms. The molecule has 1 fully saturated rings. The van der Waals surface area contributed by atoms with Crippen molar-refractivity contribution in [3.63, 3.8) is 0 Å². The van der Waals surface area contributed by atoms with Crippen LogP contribution in [0.2, 0.25) is 0 Å². The van der Waals surface area contributed by atoms with Gasteiger partial charge in [-0.3, -0.25) is 4.79 Å². The molecule has 0 radical (unpaired) electrons. The van der Waals surface area contributed by atoms with Gasteiger partial charge in [0.15, 0.2) is 0 Å². The van der Waals surface area contributed by atoms with Crippen LogP contribution in [0.15, 0.2) is 0 Å². The molecule has 0 aromatic heterocycles. The number of ether oxygens (including phenoxy) is 1. The number of nitrogens with zero attached hydrogens (tertiary/aromatic N) is 1. The van der Waals surface area contributed by atoms with E-state index in [-0.39, 0.29) is 24.6 Å². The van der Waals surface area contributed by atoms with Crippen LogP contribution >= 0.6 is 0 Å². The van der Waals surface area contributed by atoms with Crippen molar-refractivity contribution in [1.82, 2.24) is 4.31 Å². The van der Waals surface area contributed by atoms with Gasteiger partial charge in [-0.05, 0) is 19.3 Å². The van der Waals surface area contributed by atoms with Gasteiger partial charge < -0.3 is 9.84 Å². The predicted octanol–water partition coefficient (Wildman–Crippen LogP) is 0.505. The van der Waals surface area contributed by atoms with Crippen molar-refractivity contribution in [3.8, 4) is 0 Å². The number of esters is 1. The van der Waals surface area contributed by atoms with Crippen LogP contribution in [0.4, 0.5) is 0 Å². The summed E-state index contributed by atoms with van der Waals surface area (Å²) in [7, 11) is -0.645. The smallest absolute Gasteiger partial charge is 0.305 e. The van der Waals surface area contributed by atoms with Crippen molar-refractivity contribution in [2.75, 3.05) is 19.9 Å². The van der Waals surface area contributed by atoms with Crippen LogP contribution in [0.1, 0.15) is 38.5 Å². The predicted molar refractivity (Wildman–Crippen MR) is 71.1 cm³/mol. The van der Waals surface area contributed by atoms with Gasteiger partial charge in [0.05, 0.1) is 25.0 Å². The summed E-state index contributed by atoms with van der Waals surface area (Å²) in [5.74, 6) is -0.502. The van der Waals surface area contributed by atoms with E-state index in [1.165, 1.54) is 18.5 Å². The lowest BCUT2D eigenvalue weighted by molar-refractivity contribution is -0.140. The fraction of sp³-hybridized carbons (Fsp3) is 0.917. The van der Waals surface area contributed by atoms with E-state index in [4.69, 9.17) is 0 Å². The van der Waals surface area contributed by atoms with E-state index in [9.17, 15) is 18.3 Å². The molecule has 0 saturated heterocycles. The summed E-state index contributed by atoms with van der Waals surface area (Å²) in [4.78, 5) is 11.0. The van der Waals surface area contributed by atoms with Gasteiger partial charge >= 0.3 is 5.97 Å². The Morgan fingerprint density at radius 3 is 2.58 bits per heavy atom. The van der Waals surface area contributed by atoms with Gasteiger partial charge in [-0.2, -0.15) is 4.31 Å². The molecule has 0 bridgehead atoms. The Bertz CT molecular complexity index is 395. The van der Waals surface area contributed by atoms with E-state index in [2.05, 4.69) is 4.74 Å². The quantitative estimate of drug-likeness (QED) is 0.721. The topological polar surface area (TPSA) is 83.9 Å². The lowest BCUT2D eigenvalue weighted by Gasteiger charge is -2.34. The molecule has 112 valence electrons. The minimum absolute atomic E-state index is 0.0940. The van der Waals surface area contributed by atoms with Crippen molar-refractivity contribution < 1.29 is 23.1 Å². The Kier molecular flexibility index (Phi) is 6.22. The molecule has 1 saturated carbocycles. The van der Waals surface area contributed by atoms with Crippen LogP contribution in [-0.2, 0) is 19.6 Å². The van der Waals surface area contributed by atoms with Crippen LogP contribution < -0.4 is 0 Å². The molecule has 2 atom stereocenters. The number of hydrogen-bond donors (Lipinski definition) is 1. The fourth-order valence-corrected chi connectivity index (χ4v) is 3.82. The number of aliphatic hydroxyl groups is 1. The first kappa shape index (κ1) is 16.4. The maximum Gasteiger partial charge on any atom is 0.305 e. The second-order valence-electron chi connectivity index (χ2n) is 4.93. The minimum Gasteiger partial charge on any atom is -0.469 e. The van der Waals surface area contributed by atoms with Gasteiger partial charge in [0, 0.05) is 13.5 Å². The van der Waals surface area contributed by atoms with Crippen molar-refractivity contribution in [1.29, 1.82) is 0 Å². The summed E-state index contributed by atoms with van der Waals surface area (Å²) >= 11 is 0. The third-order valence-corrected chi connectivity index (χ3v) is 5.56. The average molecular weight is 293 g/mol. The first-order valence-electron chi connectivity index (χ1n) is 6.59. The number of hydrogen-bond acceptors (Lipinski definition) is 5. The van der Waals surface area contributed by atoms with E-state index in [1.54, 1.807) is 0 Å². The second-order valence-corrected chi connectivity index (χ2v) is 7.08. The summed E-state index contributed by atoms with van der Waals surface area (Å²) < 4.78 is 30.0. The van der Waals surface area contributed by atoms with Gasteiger partial charge in [0.2, 0.25) is 10.0 Å². The van der Waals surface area contributed by atoms with E-state index in [1.807, 2.05) is 0 Å². The Hall–Kier alpha value is -0.660. The molecule has 2 unspecified atom stereocenters. The molecular formula is C12H23NO5S.